The van der Waals surface area contributed by atoms with E-state index >= 15 is 0 Å². The summed E-state index contributed by atoms with van der Waals surface area (Å²) in [7, 11) is 0. The quantitative estimate of drug-likeness (QED) is 0.886. The second kappa shape index (κ2) is 4.77. The van der Waals surface area contributed by atoms with Crippen LogP contribution in [0.1, 0.15) is 22.6 Å². The van der Waals surface area contributed by atoms with Gasteiger partial charge in [-0.05, 0) is 25.0 Å². The van der Waals surface area contributed by atoms with Crippen molar-refractivity contribution in [3.8, 4) is 0 Å². The fourth-order valence-corrected chi connectivity index (χ4v) is 2.10. The summed E-state index contributed by atoms with van der Waals surface area (Å²) >= 11 is 3.41. The average Bonchev–Trinajstić information content (AvgIpc) is 2.13. The molecule has 0 saturated heterocycles. The third-order valence-electron chi connectivity index (χ3n) is 2.34. The molecule has 0 aliphatic rings. The van der Waals surface area contributed by atoms with E-state index in [2.05, 4.69) is 15.9 Å². The highest BCUT2D eigenvalue weighted by atomic mass is 79.9. The van der Waals surface area contributed by atoms with Crippen LogP contribution in [0.15, 0.2) is 16.6 Å². The Labute approximate surface area is 97.4 Å². The van der Waals surface area contributed by atoms with Gasteiger partial charge in [0, 0.05) is 11.0 Å². The van der Waals surface area contributed by atoms with E-state index < -0.39 is 11.9 Å². The molecule has 0 amide bonds. The summed E-state index contributed by atoms with van der Waals surface area (Å²) in [6.45, 7) is 3.99. The molecule has 1 rings (SSSR count). The first-order chi connectivity index (χ1) is 6.97. The number of benzene rings is 1. The molecule has 0 aromatic heterocycles. The summed E-state index contributed by atoms with van der Waals surface area (Å²) in [5.74, 6) is -1.53. The van der Waals surface area contributed by atoms with Crippen molar-refractivity contribution in [2.24, 2.45) is 5.73 Å². The van der Waals surface area contributed by atoms with E-state index in [0.717, 1.165) is 21.2 Å². The van der Waals surface area contributed by atoms with Crippen molar-refractivity contribution in [1.82, 2.24) is 0 Å². The number of carbonyl (C=O) groups is 1. The van der Waals surface area contributed by atoms with Crippen LogP contribution < -0.4 is 5.73 Å². The highest BCUT2D eigenvalue weighted by Crippen LogP contribution is 2.29. The zero-order valence-corrected chi connectivity index (χ0v) is 10.3. The van der Waals surface area contributed by atoms with Gasteiger partial charge in [0.1, 0.15) is 0 Å². The first-order valence-electron chi connectivity index (χ1n) is 4.67. The minimum absolute atomic E-state index is 0.108. The number of rotatable bonds is 3. The molecular weight excluding hydrogens is 258 g/mol. The minimum Gasteiger partial charge on any atom is -0.481 e. The maximum atomic E-state index is 11.0. The van der Waals surface area contributed by atoms with Gasteiger partial charge >= 0.3 is 5.97 Å². The molecule has 0 aliphatic carbocycles. The van der Waals surface area contributed by atoms with Gasteiger partial charge in [-0.1, -0.05) is 33.6 Å². The average molecular weight is 272 g/mol. The molecule has 0 aliphatic heterocycles. The van der Waals surface area contributed by atoms with E-state index in [0.29, 0.717) is 0 Å². The molecule has 0 saturated carbocycles. The lowest BCUT2D eigenvalue weighted by Crippen LogP contribution is -2.21. The van der Waals surface area contributed by atoms with Gasteiger partial charge in [-0.3, -0.25) is 4.79 Å². The molecule has 0 spiro atoms. The molecule has 3 N–H and O–H groups in total. The molecule has 1 unspecified atom stereocenters. The van der Waals surface area contributed by atoms with Crippen LogP contribution in [0, 0.1) is 13.8 Å². The van der Waals surface area contributed by atoms with Crippen molar-refractivity contribution in [2.75, 3.05) is 6.54 Å². The molecule has 3 nitrogen and oxygen atoms in total. The van der Waals surface area contributed by atoms with Crippen LogP contribution in [0.4, 0.5) is 0 Å². The van der Waals surface area contributed by atoms with E-state index in [1.165, 1.54) is 0 Å². The van der Waals surface area contributed by atoms with Crippen LogP contribution >= 0.6 is 15.9 Å². The number of aliphatic carboxylic acids is 1. The van der Waals surface area contributed by atoms with E-state index in [1.54, 1.807) is 0 Å². The van der Waals surface area contributed by atoms with Gasteiger partial charge in [0.05, 0.1) is 5.92 Å². The number of halogens is 1. The fraction of sp³-hybridized carbons (Fsp3) is 0.364. The Bertz CT molecular complexity index is 390. The molecule has 0 fully saturated rings. The molecule has 82 valence electrons. The van der Waals surface area contributed by atoms with E-state index in [1.807, 2.05) is 26.0 Å². The number of hydrogen-bond acceptors (Lipinski definition) is 2. The largest absolute Gasteiger partial charge is 0.481 e. The van der Waals surface area contributed by atoms with Crippen LogP contribution in [-0.4, -0.2) is 17.6 Å². The fourth-order valence-electron chi connectivity index (χ4n) is 1.60. The van der Waals surface area contributed by atoms with Crippen LogP contribution in [0.25, 0.3) is 0 Å². The van der Waals surface area contributed by atoms with Crippen molar-refractivity contribution in [2.45, 2.75) is 19.8 Å². The predicted octanol–water partition coefficient (Wildman–Crippen LogP) is 2.19. The molecule has 1 aromatic rings. The maximum absolute atomic E-state index is 11.0. The van der Waals surface area contributed by atoms with Crippen LogP contribution in [0.2, 0.25) is 0 Å². The van der Waals surface area contributed by atoms with Crippen molar-refractivity contribution < 1.29 is 9.90 Å². The highest BCUT2D eigenvalue weighted by Gasteiger charge is 2.21. The summed E-state index contributed by atoms with van der Waals surface area (Å²) in [4.78, 5) is 11.0. The molecular formula is C11H14BrNO2. The SMILES string of the molecule is Cc1cc(C)c(Br)c(C(CN)C(=O)O)c1. The second-order valence-corrected chi connectivity index (χ2v) is 4.40. The van der Waals surface area contributed by atoms with Gasteiger partial charge < -0.3 is 10.8 Å². The number of hydrogen-bond donors (Lipinski definition) is 2. The Hall–Kier alpha value is -0.870. The molecule has 0 bridgehead atoms. The molecule has 4 heteroatoms. The Morgan fingerprint density at radius 2 is 2.13 bits per heavy atom. The molecule has 0 radical (unpaired) electrons. The van der Waals surface area contributed by atoms with Crippen molar-refractivity contribution in [1.29, 1.82) is 0 Å². The summed E-state index contributed by atoms with van der Waals surface area (Å²) < 4.78 is 0.839. The number of nitrogens with two attached hydrogens (primary N) is 1. The predicted molar refractivity (Wildman–Crippen MR) is 63.0 cm³/mol. The first-order valence-corrected chi connectivity index (χ1v) is 5.46. The lowest BCUT2D eigenvalue weighted by atomic mass is 9.96. The van der Waals surface area contributed by atoms with Gasteiger partial charge in [0.15, 0.2) is 0 Å². The number of aryl methyl sites for hydroxylation is 2. The van der Waals surface area contributed by atoms with Crippen LogP contribution in [0.5, 0.6) is 0 Å². The highest BCUT2D eigenvalue weighted by molar-refractivity contribution is 9.10. The smallest absolute Gasteiger partial charge is 0.312 e. The van der Waals surface area contributed by atoms with Gasteiger partial charge in [0.2, 0.25) is 0 Å². The Morgan fingerprint density at radius 1 is 1.53 bits per heavy atom. The van der Waals surface area contributed by atoms with E-state index in [4.69, 9.17) is 10.8 Å². The van der Waals surface area contributed by atoms with Crippen molar-refractivity contribution in [3.05, 3.63) is 33.3 Å². The molecule has 1 atom stereocenters. The summed E-state index contributed by atoms with van der Waals surface area (Å²) in [5.41, 5.74) is 8.30. The van der Waals surface area contributed by atoms with Gasteiger partial charge in [0.25, 0.3) is 0 Å². The summed E-state index contributed by atoms with van der Waals surface area (Å²) in [6, 6.07) is 3.87. The molecule has 1 aromatic carbocycles. The third kappa shape index (κ3) is 2.58. The second-order valence-electron chi connectivity index (χ2n) is 3.61. The van der Waals surface area contributed by atoms with Crippen LogP contribution in [-0.2, 0) is 4.79 Å². The van der Waals surface area contributed by atoms with E-state index in [9.17, 15) is 4.79 Å². The summed E-state index contributed by atoms with van der Waals surface area (Å²) in [6.07, 6.45) is 0. The molecule has 15 heavy (non-hydrogen) atoms. The Balaban J connectivity index is 3.28. The monoisotopic (exact) mass is 271 g/mol. The Morgan fingerprint density at radius 3 is 2.60 bits per heavy atom. The topological polar surface area (TPSA) is 63.3 Å². The van der Waals surface area contributed by atoms with Gasteiger partial charge in [-0.25, -0.2) is 0 Å². The number of carboxylic acids is 1. The maximum Gasteiger partial charge on any atom is 0.312 e. The zero-order chi connectivity index (χ0) is 11.6. The normalized spacial score (nSPS) is 12.5. The van der Waals surface area contributed by atoms with Gasteiger partial charge in [-0.15, -0.1) is 0 Å². The number of carboxylic acid groups (broad SMARTS) is 1. The lowest BCUT2D eigenvalue weighted by molar-refractivity contribution is -0.138. The lowest BCUT2D eigenvalue weighted by Gasteiger charge is -2.14. The Kier molecular flexibility index (Phi) is 3.88. The van der Waals surface area contributed by atoms with E-state index in [-0.39, 0.29) is 6.54 Å². The van der Waals surface area contributed by atoms with Crippen molar-refractivity contribution in [3.63, 3.8) is 0 Å². The standard InChI is InChI=1S/C11H14BrNO2/c1-6-3-7(2)10(12)8(4-6)9(5-13)11(14)15/h3-4,9H,5,13H2,1-2H3,(H,14,15). The molecule has 0 heterocycles. The minimum atomic E-state index is -0.886. The van der Waals surface area contributed by atoms with Crippen molar-refractivity contribution >= 4 is 21.9 Å². The van der Waals surface area contributed by atoms with Crippen LogP contribution in [0.3, 0.4) is 0 Å². The third-order valence-corrected chi connectivity index (χ3v) is 3.42. The van der Waals surface area contributed by atoms with Gasteiger partial charge in [-0.2, -0.15) is 0 Å². The first kappa shape index (κ1) is 12.2. The zero-order valence-electron chi connectivity index (χ0n) is 8.75. The summed E-state index contributed by atoms with van der Waals surface area (Å²) in [5, 5.41) is 9.03.